The lowest BCUT2D eigenvalue weighted by Gasteiger charge is -2.25. The standard InChI is InChI=1S/C30H37FN4O4/c1-4-21(5-2)35-18-23(30(38)34-29-19(10-9-15-32-29)13-14-27(36)39-3)28(37)22-16-24(31)25(17-26(22)35)33-20-11-7-6-8-12-20/h9-10,15-18,20-21,33H,4-8,11-14H2,1-3H3,(H,32,34,38). The molecule has 8 nitrogen and oxygen atoms in total. The van der Waals surface area contributed by atoms with E-state index in [2.05, 4.69) is 15.6 Å². The average Bonchev–Trinajstić information content (AvgIpc) is 2.95. The molecule has 2 heterocycles. The molecular weight excluding hydrogens is 499 g/mol. The van der Waals surface area contributed by atoms with Gasteiger partial charge >= 0.3 is 5.97 Å². The van der Waals surface area contributed by atoms with Crippen molar-refractivity contribution in [3.05, 3.63) is 63.8 Å². The van der Waals surface area contributed by atoms with E-state index < -0.39 is 17.2 Å². The predicted molar refractivity (Wildman–Crippen MR) is 151 cm³/mol. The number of anilines is 2. The van der Waals surface area contributed by atoms with Crippen LogP contribution in [0.15, 0.2) is 41.5 Å². The maximum absolute atomic E-state index is 15.3. The van der Waals surface area contributed by atoms with Crippen molar-refractivity contribution in [1.82, 2.24) is 9.55 Å². The molecule has 9 heteroatoms. The molecule has 0 radical (unpaired) electrons. The molecule has 1 saturated carbocycles. The quantitative estimate of drug-likeness (QED) is 0.308. The Morgan fingerprint density at radius 3 is 2.62 bits per heavy atom. The van der Waals surface area contributed by atoms with Crippen LogP contribution < -0.4 is 16.1 Å². The molecule has 1 amide bonds. The van der Waals surface area contributed by atoms with E-state index in [1.807, 2.05) is 18.4 Å². The lowest BCUT2D eigenvalue weighted by molar-refractivity contribution is -0.140. The number of esters is 1. The van der Waals surface area contributed by atoms with Crippen molar-refractivity contribution >= 4 is 34.3 Å². The van der Waals surface area contributed by atoms with Crippen LogP contribution in [0.4, 0.5) is 15.9 Å². The number of aromatic nitrogens is 2. The van der Waals surface area contributed by atoms with E-state index in [0.717, 1.165) is 38.5 Å². The van der Waals surface area contributed by atoms with Crippen LogP contribution in [0.1, 0.15) is 87.2 Å². The smallest absolute Gasteiger partial charge is 0.305 e. The fourth-order valence-corrected chi connectivity index (χ4v) is 5.36. The number of carbonyl (C=O) groups is 2. The third-order valence-corrected chi connectivity index (χ3v) is 7.62. The number of nitrogens with zero attached hydrogens (tertiary/aromatic N) is 2. The minimum atomic E-state index is -0.635. The van der Waals surface area contributed by atoms with Crippen molar-refractivity contribution in [3.8, 4) is 0 Å². The van der Waals surface area contributed by atoms with E-state index in [0.29, 0.717) is 23.2 Å². The molecule has 0 unspecified atom stereocenters. The molecule has 1 aromatic carbocycles. The number of halogens is 1. The highest BCUT2D eigenvalue weighted by Gasteiger charge is 2.22. The summed E-state index contributed by atoms with van der Waals surface area (Å²) in [6.45, 7) is 4.09. The Morgan fingerprint density at radius 2 is 1.92 bits per heavy atom. The molecule has 0 saturated heterocycles. The van der Waals surface area contributed by atoms with Crippen LogP contribution in [-0.2, 0) is 16.0 Å². The number of pyridine rings is 2. The normalized spacial score (nSPS) is 14.0. The summed E-state index contributed by atoms with van der Waals surface area (Å²) < 4.78 is 21.9. The topological polar surface area (TPSA) is 102 Å². The van der Waals surface area contributed by atoms with Crippen LogP contribution in [-0.4, -0.2) is 34.6 Å². The van der Waals surface area contributed by atoms with E-state index in [4.69, 9.17) is 4.74 Å². The molecule has 1 aliphatic carbocycles. The molecule has 1 fully saturated rings. The van der Waals surface area contributed by atoms with Gasteiger partial charge in [0.15, 0.2) is 0 Å². The van der Waals surface area contributed by atoms with Crippen LogP contribution >= 0.6 is 0 Å². The van der Waals surface area contributed by atoms with E-state index in [1.165, 1.54) is 25.8 Å². The second-order valence-corrected chi connectivity index (χ2v) is 10.1. The average molecular weight is 537 g/mol. The largest absolute Gasteiger partial charge is 0.469 e. The van der Waals surface area contributed by atoms with E-state index in [-0.39, 0.29) is 41.2 Å². The van der Waals surface area contributed by atoms with Crippen molar-refractivity contribution in [1.29, 1.82) is 0 Å². The van der Waals surface area contributed by atoms with E-state index in [1.54, 1.807) is 24.4 Å². The molecule has 3 aromatic rings. The van der Waals surface area contributed by atoms with Gasteiger partial charge in [0.25, 0.3) is 5.91 Å². The van der Waals surface area contributed by atoms with Gasteiger partial charge in [-0.3, -0.25) is 14.4 Å². The molecular formula is C30H37FN4O4. The van der Waals surface area contributed by atoms with Gasteiger partial charge in [0.1, 0.15) is 17.2 Å². The van der Waals surface area contributed by atoms with Crippen molar-refractivity contribution in [2.75, 3.05) is 17.7 Å². The predicted octanol–water partition coefficient (Wildman–Crippen LogP) is 6.00. The summed E-state index contributed by atoms with van der Waals surface area (Å²) in [6.07, 6.45) is 10.5. The van der Waals surface area contributed by atoms with E-state index in [9.17, 15) is 14.4 Å². The van der Waals surface area contributed by atoms with Crippen LogP contribution in [0.3, 0.4) is 0 Å². The maximum atomic E-state index is 15.3. The number of ether oxygens (including phenoxy) is 1. The fraction of sp³-hybridized carbons (Fsp3) is 0.467. The van der Waals surface area contributed by atoms with Crippen molar-refractivity contribution in [3.63, 3.8) is 0 Å². The first-order valence-electron chi connectivity index (χ1n) is 13.8. The van der Waals surface area contributed by atoms with Crippen LogP contribution in [0.5, 0.6) is 0 Å². The maximum Gasteiger partial charge on any atom is 0.305 e. The minimum absolute atomic E-state index is 0.0121. The molecule has 39 heavy (non-hydrogen) atoms. The number of fused-ring (bicyclic) bond motifs is 1. The Morgan fingerprint density at radius 1 is 1.18 bits per heavy atom. The number of benzene rings is 1. The van der Waals surface area contributed by atoms with Gasteiger partial charge in [0, 0.05) is 36.3 Å². The van der Waals surface area contributed by atoms with Gasteiger partial charge in [0.2, 0.25) is 5.43 Å². The Hall–Kier alpha value is -3.75. The number of methoxy groups -OCH3 is 1. The molecule has 0 aliphatic heterocycles. The molecule has 208 valence electrons. The zero-order chi connectivity index (χ0) is 27.9. The Balaban J connectivity index is 1.73. The molecule has 2 N–H and O–H groups in total. The van der Waals surface area contributed by atoms with Crippen molar-refractivity contribution < 1.29 is 18.7 Å². The highest BCUT2D eigenvalue weighted by atomic mass is 19.1. The number of hydrogen-bond donors (Lipinski definition) is 2. The molecule has 0 atom stereocenters. The molecule has 0 spiro atoms. The Bertz CT molecular complexity index is 1390. The highest BCUT2D eigenvalue weighted by molar-refractivity contribution is 6.05. The zero-order valence-corrected chi connectivity index (χ0v) is 22.9. The van der Waals surface area contributed by atoms with Crippen molar-refractivity contribution in [2.24, 2.45) is 0 Å². The summed E-state index contributed by atoms with van der Waals surface area (Å²) in [6, 6.07) is 6.64. The first-order chi connectivity index (χ1) is 18.9. The lowest BCUT2D eigenvalue weighted by atomic mass is 9.95. The van der Waals surface area contributed by atoms with Crippen LogP contribution in [0.25, 0.3) is 10.9 Å². The molecule has 2 aromatic heterocycles. The molecule has 0 bridgehead atoms. The number of carbonyl (C=O) groups excluding carboxylic acids is 2. The third kappa shape index (κ3) is 6.46. The zero-order valence-electron chi connectivity index (χ0n) is 22.9. The number of aryl methyl sites for hydroxylation is 1. The van der Waals surface area contributed by atoms with Gasteiger partial charge in [0.05, 0.1) is 18.3 Å². The SMILES string of the molecule is CCC(CC)n1cc(C(=O)Nc2ncccc2CCC(=O)OC)c(=O)c2cc(F)c(NC3CCCCC3)cc21. The minimum Gasteiger partial charge on any atom is -0.469 e. The third-order valence-electron chi connectivity index (χ3n) is 7.62. The monoisotopic (exact) mass is 536 g/mol. The van der Waals surface area contributed by atoms with Gasteiger partial charge in [-0.25, -0.2) is 9.37 Å². The van der Waals surface area contributed by atoms with Crippen LogP contribution in [0.2, 0.25) is 0 Å². The number of hydrogen-bond acceptors (Lipinski definition) is 6. The fourth-order valence-electron chi connectivity index (χ4n) is 5.36. The van der Waals surface area contributed by atoms with Gasteiger partial charge < -0.3 is 19.9 Å². The highest BCUT2D eigenvalue weighted by Crippen LogP contribution is 2.29. The van der Waals surface area contributed by atoms with E-state index >= 15 is 4.39 Å². The molecule has 1 aliphatic rings. The van der Waals surface area contributed by atoms with Gasteiger partial charge in [-0.2, -0.15) is 0 Å². The second-order valence-electron chi connectivity index (χ2n) is 10.1. The summed E-state index contributed by atoms with van der Waals surface area (Å²) in [5.74, 6) is -1.26. The first kappa shape index (κ1) is 28.3. The van der Waals surface area contributed by atoms with Crippen molar-refractivity contribution in [2.45, 2.75) is 83.7 Å². The van der Waals surface area contributed by atoms with Gasteiger partial charge in [-0.15, -0.1) is 0 Å². The summed E-state index contributed by atoms with van der Waals surface area (Å²) in [5.41, 5.74) is 0.990. The first-order valence-corrected chi connectivity index (χ1v) is 13.8. The summed E-state index contributed by atoms with van der Waals surface area (Å²) in [7, 11) is 1.32. The Labute approximate surface area is 228 Å². The second kappa shape index (κ2) is 12.9. The summed E-state index contributed by atoms with van der Waals surface area (Å²) >= 11 is 0. The Kier molecular flexibility index (Phi) is 9.32. The summed E-state index contributed by atoms with van der Waals surface area (Å²) in [5, 5.41) is 6.25. The summed E-state index contributed by atoms with van der Waals surface area (Å²) in [4.78, 5) is 42.9. The molecule has 4 rings (SSSR count). The van der Waals surface area contributed by atoms with Gasteiger partial charge in [-0.1, -0.05) is 39.2 Å². The number of amides is 1. The van der Waals surface area contributed by atoms with Crippen LogP contribution in [0, 0.1) is 5.82 Å². The number of rotatable bonds is 10. The number of nitrogens with one attached hydrogen (secondary N) is 2. The van der Waals surface area contributed by atoms with Gasteiger partial charge in [-0.05, 0) is 55.9 Å². The lowest BCUT2D eigenvalue weighted by Crippen LogP contribution is -2.26.